The van der Waals surface area contributed by atoms with Crippen LogP contribution in [-0.4, -0.2) is 23.7 Å². The van der Waals surface area contributed by atoms with Gasteiger partial charge in [-0.05, 0) is 19.8 Å². The number of anilines is 1. The van der Waals surface area contributed by atoms with Crippen molar-refractivity contribution in [1.82, 2.24) is 14.5 Å². The van der Waals surface area contributed by atoms with E-state index in [0.29, 0.717) is 0 Å². The molecule has 1 aliphatic rings. The molecule has 1 aliphatic carbocycles. The Balaban J connectivity index is 2.33. The van der Waals surface area contributed by atoms with Crippen LogP contribution in [0.2, 0.25) is 0 Å². The number of aromatic nitrogens is 2. The van der Waals surface area contributed by atoms with Gasteiger partial charge in [0.25, 0.3) is 0 Å². The number of sulfonamides is 1. The molecule has 0 spiro atoms. The van der Waals surface area contributed by atoms with E-state index in [1.54, 1.807) is 7.05 Å². The second-order valence-electron chi connectivity index (χ2n) is 4.22. The van der Waals surface area contributed by atoms with E-state index in [4.69, 9.17) is 5.73 Å². The van der Waals surface area contributed by atoms with Gasteiger partial charge in [0, 0.05) is 18.8 Å². The number of hydrogen-bond acceptors (Lipinski definition) is 4. The summed E-state index contributed by atoms with van der Waals surface area (Å²) in [6.45, 7) is 1.87. The van der Waals surface area contributed by atoms with Crippen LogP contribution in [0.25, 0.3) is 0 Å². The van der Waals surface area contributed by atoms with Gasteiger partial charge in [0.15, 0.2) is 5.82 Å². The molecule has 1 saturated carbocycles. The van der Waals surface area contributed by atoms with Crippen LogP contribution in [0.4, 0.5) is 5.82 Å². The van der Waals surface area contributed by atoms with E-state index >= 15 is 0 Å². The second kappa shape index (κ2) is 2.96. The van der Waals surface area contributed by atoms with Crippen LogP contribution in [0.1, 0.15) is 19.8 Å². The molecule has 7 heteroatoms. The molecule has 0 saturated heterocycles. The SMILES string of the molecule is Cn1cc(S(=O)(=O)NC2(C)CC2)c(N)n1. The van der Waals surface area contributed by atoms with Gasteiger partial charge in [-0.25, -0.2) is 13.1 Å². The van der Waals surface area contributed by atoms with Crippen molar-refractivity contribution in [3.63, 3.8) is 0 Å². The number of nitrogens with two attached hydrogens (primary N) is 1. The molecule has 2 rings (SSSR count). The average Bonchev–Trinajstić information content (AvgIpc) is 2.65. The molecule has 0 aromatic carbocycles. The van der Waals surface area contributed by atoms with Crippen LogP contribution in [0.15, 0.2) is 11.1 Å². The second-order valence-corrected chi connectivity index (χ2v) is 5.87. The number of nitrogens with one attached hydrogen (secondary N) is 1. The summed E-state index contributed by atoms with van der Waals surface area (Å²) < 4.78 is 27.8. The Bertz CT molecular complexity index is 487. The lowest BCUT2D eigenvalue weighted by atomic mass is 10.4. The highest BCUT2D eigenvalue weighted by Gasteiger charge is 2.42. The highest BCUT2D eigenvalue weighted by molar-refractivity contribution is 7.89. The summed E-state index contributed by atoms with van der Waals surface area (Å²) in [7, 11) is -1.89. The lowest BCUT2D eigenvalue weighted by Crippen LogP contribution is -2.34. The zero-order valence-corrected chi connectivity index (χ0v) is 9.50. The van der Waals surface area contributed by atoms with Crippen LogP contribution in [0.3, 0.4) is 0 Å². The summed E-state index contributed by atoms with van der Waals surface area (Å²) in [6.07, 6.45) is 3.14. The van der Waals surface area contributed by atoms with Crippen LogP contribution in [0, 0.1) is 0 Å². The first-order valence-electron chi connectivity index (χ1n) is 4.66. The zero-order valence-electron chi connectivity index (χ0n) is 8.69. The van der Waals surface area contributed by atoms with Crippen LogP contribution in [0.5, 0.6) is 0 Å². The van der Waals surface area contributed by atoms with Crippen molar-refractivity contribution < 1.29 is 8.42 Å². The predicted octanol–water partition coefficient (Wildman–Crippen LogP) is -0.167. The Morgan fingerprint density at radius 3 is 2.60 bits per heavy atom. The van der Waals surface area contributed by atoms with E-state index in [1.807, 2.05) is 6.92 Å². The molecule has 0 atom stereocenters. The third-order valence-corrected chi connectivity index (χ3v) is 4.15. The third kappa shape index (κ3) is 1.98. The first-order valence-corrected chi connectivity index (χ1v) is 6.14. The summed E-state index contributed by atoms with van der Waals surface area (Å²) >= 11 is 0. The van der Waals surface area contributed by atoms with E-state index in [9.17, 15) is 8.42 Å². The van der Waals surface area contributed by atoms with Crippen molar-refractivity contribution in [2.75, 3.05) is 5.73 Å². The standard InChI is InChI=1S/C8H14N4O2S/c1-8(3-4-8)11-15(13,14)6-5-12(2)10-7(6)9/h5,11H,3-4H2,1-2H3,(H2,9,10). The summed E-state index contributed by atoms with van der Waals surface area (Å²) in [5.41, 5.74) is 5.23. The van der Waals surface area contributed by atoms with E-state index in [0.717, 1.165) is 12.8 Å². The van der Waals surface area contributed by atoms with Gasteiger partial charge < -0.3 is 5.73 Å². The Morgan fingerprint density at radius 2 is 2.20 bits per heavy atom. The molecule has 0 unspecified atom stereocenters. The van der Waals surface area contributed by atoms with E-state index in [2.05, 4.69) is 9.82 Å². The number of rotatable bonds is 3. The van der Waals surface area contributed by atoms with Crippen molar-refractivity contribution in [3.8, 4) is 0 Å². The molecule has 0 amide bonds. The normalized spacial score (nSPS) is 19.1. The minimum atomic E-state index is -3.52. The monoisotopic (exact) mass is 230 g/mol. The minimum Gasteiger partial charge on any atom is -0.381 e. The van der Waals surface area contributed by atoms with Crippen molar-refractivity contribution in [3.05, 3.63) is 6.20 Å². The van der Waals surface area contributed by atoms with Gasteiger partial charge in [-0.3, -0.25) is 4.68 Å². The number of aryl methyl sites for hydroxylation is 1. The van der Waals surface area contributed by atoms with Crippen LogP contribution >= 0.6 is 0 Å². The Morgan fingerprint density at radius 1 is 1.60 bits per heavy atom. The largest absolute Gasteiger partial charge is 0.381 e. The summed E-state index contributed by atoms with van der Waals surface area (Å²) in [4.78, 5) is 0.0538. The molecule has 0 radical (unpaired) electrons. The fraction of sp³-hybridized carbons (Fsp3) is 0.625. The molecule has 1 heterocycles. The van der Waals surface area contributed by atoms with Gasteiger partial charge in [0.05, 0.1) is 0 Å². The van der Waals surface area contributed by atoms with Crippen molar-refractivity contribution in [2.45, 2.75) is 30.2 Å². The number of nitrogen functional groups attached to an aromatic ring is 1. The van der Waals surface area contributed by atoms with Gasteiger partial charge in [0.1, 0.15) is 4.90 Å². The molecule has 84 valence electrons. The van der Waals surface area contributed by atoms with Gasteiger partial charge in [-0.1, -0.05) is 0 Å². The number of nitrogens with zero attached hydrogens (tertiary/aromatic N) is 2. The zero-order chi connectivity index (χ0) is 11.3. The maximum atomic E-state index is 11.9. The molecule has 1 aromatic rings. The van der Waals surface area contributed by atoms with Crippen LogP contribution < -0.4 is 10.5 Å². The summed E-state index contributed by atoms with van der Waals surface area (Å²) in [6, 6.07) is 0. The Labute approximate surface area is 88.5 Å². The fourth-order valence-corrected chi connectivity index (χ4v) is 2.93. The lowest BCUT2D eigenvalue weighted by Gasteiger charge is -2.10. The lowest BCUT2D eigenvalue weighted by molar-refractivity contribution is 0.558. The predicted molar refractivity (Wildman–Crippen MR) is 55.6 cm³/mol. The summed E-state index contributed by atoms with van der Waals surface area (Å²) in [5, 5.41) is 3.80. The van der Waals surface area contributed by atoms with E-state index < -0.39 is 10.0 Å². The van der Waals surface area contributed by atoms with Gasteiger partial charge in [-0.15, -0.1) is 0 Å². The van der Waals surface area contributed by atoms with Gasteiger partial charge in [0.2, 0.25) is 10.0 Å². The molecule has 0 bridgehead atoms. The van der Waals surface area contributed by atoms with Crippen LogP contribution in [-0.2, 0) is 17.1 Å². The first kappa shape index (κ1) is 10.4. The number of hydrogen-bond donors (Lipinski definition) is 2. The Hall–Kier alpha value is -1.08. The Kier molecular flexibility index (Phi) is 2.06. The molecule has 1 aromatic heterocycles. The minimum absolute atomic E-state index is 0.0363. The topological polar surface area (TPSA) is 90.0 Å². The quantitative estimate of drug-likeness (QED) is 0.754. The summed E-state index contributed by atoms with van der Waals surface area (Å²) in [5.74, 6) is 0.0363. The molecular weight excluding hydrogens is 216 g/mol. The highest BCUT2D eigenvalue weighted by atomic mass is 32.2. The molecule has 15 heavy (non-hydrogen) atoms. The third-order valence-electron chi connectivity index (χ3n) is 2.49. The van der Waals surface area contributed by atoms with Gasteiger partial charge >= 0.3 is 0 Å². The highest BCUT2D eigenvalue weighted by Crippen LogP contribution is 2.36. The molecule has 1 fully saturated rings. The maximum Gasteiger partial charge on any atom is 0.246 e. The van der Waals surface area contributed by atoms with E-state index in [1.165, 1.54) is 10.9 Å². The average molecular weight is 230 g/mol. The first-order chi connectivity index (χ1) is 6.82. The molecule has 6 nitrogen and oxygen atoms in total. The molecule has 3 N–H and O–H groups in total. The van der Waals surface area contributed by atoms with Crippen molar-refractivity contribution in [2.24, 2.45) is 7.05 Å². The molecular formula is C8H14N4O2S. The van der Waals surface area contributed by atoms with Gasteiger partial charge in [-0.2, -0.15) is 5.10 Å². The van der Waals surface area contributed by atoms with E-state index in [-0.39, 0.29) is 16.3 Å². The fourth-order valence-electron chi connectivity index (χ4n) is 1.36. The van der Waals surface area contributed by atoms with Crippen molar-refractivity contribution in [1.29, 1.82) is 0 Å². The smallest absolute Gasteiger partial charge is 0.246 e. The maximum absolute atomic E-state index is 11.9. The molecule has 0 aliphatic heterocycles. The van der Waals surface area contributed by atoms with Crippen molar-refractivity contribution >= 4 is 15.8 Å².